The Hall–Kier alpha value is -3.00. The van der Waals surface area contributed by atoms with Gasteiger partial charge in [-0.05, 0) is 69.6 Å². The van der Waals surface area contributed by atoms with Gasteiger partial charge in [0.2, 0.25) is 0 Å². The summed E-state index contributed by atoms with van der Waals surface area (Å²) >= 11 is 0. The van der Waals surface area contributed by atoms with Gasteiger partial charge in [0, 0.05) is 31.6 Å². The number of carbonyl (C=O) groups is 2. The Labute approximate surface area is 288 Å². The summed E-state index contributed by atoms with van der Waals surface area (Å²) in [5.41, 5.74) is 0. The molecule has 0 radical (unpaired) electrons. The standard InChI is InChI=1S/C40H60F2O6/c1-3-4-5-6-7-8-9-10-11-12-13-14-17-23-30-46-39(45)27-22-16-15-21-26-36-35(37(44)31-38(36)48-33(2)43)28-29-40(41,42)32-47-34-24-19-18-20-25-34/h8-9,15,18-21,24-25,28-29,35-38,44H,3-7,10-14,16-17,22-23,26-27,30-32H2,1-2H3/b9-8-,21-15-,29-28+/t35-,36-,37-,38+/m1/s1. The molecule has 270 valence electrons. The van der Waals surface area contributed by atoms with Crippen LogP contribution in [0, 0.1) is 11.8 Å². The first-order chi connectivity index (χ1) is 23.2. The normalized spacial score (nSPS) is 19.9. The fourth-order valence-electron chi connectivity index (χ4n) is 6.02. The molecule has 2 rings (SSSR count). The third-order valence-electron chi connectivity index (χ3n) is 8.69. The molecule has 0 amide bonds. The fraction of sp³-hybridized carbons (Fsp3) is 0.650. The number of aliphatic hydroxyl groups is 1. The monoisotopic (exact) mass is 674 g/mol. The minimum absolute atomic E-state index is 0.182. The highest BCUT2D eigenvalue weighted by Crippen LogP contribution is 2.39. The maximum absolute atomic E-state index is 14.6. The van der Waals surface area contributed by atoms with Gasteiger partial charge in [0.25, 0.3) is 5.92 Å². The van der Waals surface area contributed by atoms with Gasteiger partial charge in [-0.3, -0.25) is 9.59 Å². The van der Waals surface area contributed by atoms with Crippen molar-refractivity contribution >= 4 is 11.9 Å². The van der Waals surface area contributed by atoms with Gasteiger partial charge >= 0.3 is 11.9 Å². The number of esters is 2. The molecule has 0 spiro atoms. The second-order valence-electron chi connectivity index (χ2n) is 13.0. The molecule has 0 heterocycles. The third-order valence-corrected chi connectivity index (χ3v) is 8.69. The highest BCUT2D eigenvalue weighted by Gasteiger charge is 2.43. The van der Waals surface area contributed by atoms with Crippen LogP contribution in [0.5, 0.6) is 5.75 Å². The number of ether oxygens (including phenoxy) is 3. The highest BCUT2D eigenvalue weighted by molar-refractivity contribution is 5.69. The molecule has 4 atom stereocenters. The van der Waals surface area contributed by atoms with Gasteiger partial charge in [-0.2, -0.15) is 8.78 Å². The van der Waals surface area contributed by atoms with Crippen molar-refractivity contribution in [3.63, 3.8) is 0 Å². The largest absolute Gasteiger partial charge is 0.487 e. The minimum atomic E-state index is -3.24. The van der Waals surface area contributed by atoms with E-state index in [9.17, 15) is 23.5 Å². The van der Waals surface area contributed by atoms with E-state index in [1.165, 1.54) is 77.2 Å². The number of unbranched alkanes of at least 4 members (excludes halogenated alkanes) is 11. The lowest BCUT2D eigenvalue weighted by atomic mass is 9.89. The number of carbonyl (C=O) groups excluding carboxylic acids is 2. The van der Waals surface area contributed by atoms with Crippen LogP contribution in [0.15, 0.2) is 66.8 Å². The molecule has 0 aromatic heterocycles. The molecular formula is C40H60F2O6. The second-order valence-corrected chi connectivity index (χ2v) is 13.0. The molecule has 0 bridgehead atoms. The van der Waals surface area contributed by atoms with E-state index >= 15 is 0 Å². The second kappa shape index (κ2) is 25.0. The number of allylic oxidation sites excluding steroid dienone is 4. The van der Waals surface area contributed by atoms with Crippen molar-refractivity contribution in [1.82, 2.24) is 0 Å². The quantitative estimate of drug-likeness (QED) is 0.0598. The van der Waals surface area contributed by atoms with Crippen molar-refractivity contribution in [1.29, 1.82) is 0 Å². The number of rotatable bonds is 26. The minimum Gasteiger partial charge on any atom is -0.487 e. The maximum Gasteiger partial charge on any atom is 0.305 e. The topological polar surface area (TPSA) is 82.1 Å². The summed E-state index contributed by atoms with van der Waals surface area (Å²) in [5, 5.41) is 10.7. The summed E-state index contributed by atoms with van der Waals surface area (Å²) in [7, 11) is 0. The Bertz CT molecular complexity index is 1090. The Morgan fingerprint density at radius 3 is 2.19 bits per heavy atom. The molecule has 0 saturated heterocycles. The van der Waals surface area contributed by atoms with Crippen molar-refractivity contribution in [2.45, 2.75) is 141 Å². The summed E-state index contributed by atoms with van der Waals surface area (Å²) in [6.45, 7) is 3.18. The summed E-state index contributed by atoms with van der Waals surface area (Å²) in [6, 6.07) is 8.40. The van der Waals surface area contributed by atoms with Gasteiger partial charge < -0.3 is 19.3 Å². The maximum atomic E-state index is 14.6. The SMILES string of the molecule is CCCCCC/C=C\CCCCCCCCOC(=O)CCC/C=C\C[C@@H]1[C@@H](/C=C/C(F)(F)COc2ccccc2)[C@H](O)C[C@@H]1OC(C)=O. The molecule has 1 fully saturated rings. The summed E-state index contributed by atoms with van der Waals surface area (Å²) in [6.07, 6.45) is 25.9. The van der Waals surface area contributed by atoms with Crippen molar-refractivity contribution in [2.24, 2.45) is 11.8 Å². The zero-order chi connectivity index (χ0) is 34.9. The molecule has 1 aromatic rings. The predicted octanol–water partition coefficient (Wildman–Crippen LogP) is 10.1. The smallest absolute Gasteiger partial charge is 0.305 e. The number of para-hydroxylation sites is 1. The van der Waals surface area contributed by atoms with Crippen LogP contribution >= 0.6 is 0 Å². The summed E-state index contributed by atoms with van der Waals surface area (Å²) in [5.74, 6) is -4.52. The lowest BCUT2D eigenvalue weighted by molar-refractivity contribution is -0.148. The number of halogens is 2. The van der Waals surface area contributed by atoms with E-state index in [1.807, 2.05) is 12.2 Å². The first-order valence-corrected chi connectivity index (χ1v) is 18.3. The molecular weight excluding hydrogens is 614 g/mol. The van der Waals surface area contributed by atoms with Crippen LogP contribution in [0.3, 0.4) is 0 Å². The van der Waals surface area contributed by atoms with Crippen LogP contribution < -0.4 is 4.74 Å². The molecule has 1 aromatic carbocycles. The van der Waals surface area contributed by atoms with E-state index in [-0.39, 0.29) is 18.3 Å². The molecule has 1 saturated carbocycles. The van der Waals surface area contributed by atoms with Crippen LogP contribution in [-0.2, 0) is 19.1 Å². The lowest BCUT2D eigenvalue weighted by Crippen LogP contribution is -2.26. The van der Waals surface area contributed by atoms with Gasteiger partial charge in [0.05, 0.1) is 12.7 Å². The van der Waals surface area contributed by atoms with Crippen LogP contribution in [0.2, 0.25) is 0 Å². The molecule has 1 aliphatic rings. The van der Waals surface area contributed by atoms with E-state index in [1.54, 1.807) is 30.3 Å². The van der Waals surface area contributed by atoms with Crippen LogP contribution in [0.1, 0.15) is 123 Å². The van der Waals surface area contributed by atoms with Crippen LogP contribution in [0.25, 0.3) is 0 Å². The average Bonchev–Trinajstić information content (AvgIpc) is 3.35. The molecule has 48 heavy (non-hydrogen) atoms. The summed E-state index contributed by atoms with van der Waals surface area (Å²) < 4.78 is 45.2. The van der Waals surface area contributed by atoms with E-state index in [0.717, 1.165) is 18.9 Å². The predicted molar refractivity (Wildman–Crippen MR) is 188 cm³/mol. The van der Waals surface area contributed by atoms with Crippen molar-refractivity contribution in [3.8, 4) is 5.75 Å². The fourth-order valence-corrected chi connectivity index (χ4v) is 6.02. The van der Waals surface area contributed by atoms with Crippen LogP contribution in [-0.4, -0.2) is 48.4 Å². The lowest BCUT2D eigenvalue weighted by Gasteiger charge is -2.22. The number of hydrogen-bond donors (Lipinski definition) is 1. The van der Waals surface area contributed by atoms with Crippen molar-refractivity contribution in [3.05, 3.63) is 66.8 Å². The van der Waals surface area contributed by atoms with E-state index in [0.29, 0.717) is 38.0 Å². The Kier molecular flexibility index (Phi) is 21.5. The molecule has 0 unspecified atom stereocenters. The van der Waals surface area contributed by atoms with Gasteiger partial charge in [-0.1, -0.05) is 100 Å². The van der Waals surface area contributed by atoms with Crippen molar-refractivity contribution in [2.75, 3.05) is 13.2 Å². The van der Waals surface area contributed by atoms with Crippen LogP contribution in [0.4, 0.5) is 8.78 Å². The van der Waals surface area contributed by atoms with Gasteiger partial charge in [-0.25, -0.2) is 0 Å². The van der Waals surface area contributed by atoms with Gasteiger partial charge in [0.1, 0.15) is 11.9 Å². The number of hydrogen-bond acceptors (Lipinski definition) is 6. The molecule has 6 nitrogen and oxygen atoms in total. The molecule has 0 aliphatic heterocycles. The zero-order valence-corrected chi connectivity index (χ0v) is 29.3. The van der Waals surface area contributed by atoms with Crippen molar-refractivity contribution < 1.29 is 37.7 Å². The number of benzene rings is 1. The zero-order valence-electron chi connectivity index (χ0n) is 29.3. The Morgan fingerprint density at radius 2 is 1.50 bits per heavy atom. The molecule has 1 N–H and O–H groups in total. The van der Waals surface area contributed by atoms with E-state index in [4.69, 9.17) is 14.2 Å². The first kappa shape index (κ1) is 41.2. The molecule has 8 heteroatoms. The van der Waals surface area contributed by atoms with Gasteiger partial charge in [-0.15, -0.1) is 0 Å². The summed E-state index contributed by atoms with van der Waals surface area (Å²) in [4.78, 5) is 23.8. The first-order valence-electron chi connectivity index (χ1n) is 18.3. The average molecular weight is 675 g/mol. The van der Waals surface area contributed by atoms with Gasteiger partial charge in [0.15, 0.2) is 6.61 Å². The highest BCUT2D eigenvalue weighted by atomic mass is 19.3. The Morgan fingerprint density at radius 1 is 0.875 bits per heavy atom. The molecule has 1 aliphatic carbocycles. The number of alkyl halides is 2. The van der Waals surface area contributed by atoms with E-state index in [2.05, 4.69) is 19.1 Å². The number of aliphatic hydroxyl groups excluding tert-OH is 1. The third kappa shape index (κ3) is 19.1. The Balaban J connectivity index is 1.61. The van der Waals surface area contributed by atoms with E-state index < -0.39 is 36.6 Å².